The number of thioether (sulfide) groups is 1. The first kappa shape index (κ1) is 21.3. The summed E-state index contributed by atoms with van der Waals surface area (Å²) in [7, 11) is 1.64. The Kier molecular flexibility index (Phi) is 7.02. The predicted molar refractivity (Wildman–Crippen MR) is 126 cm³/mol. The Balaban J connectivity index is 1.28. The molecule has 2 heterocycles. The van der Waals surface area contributed by atoms with Gasteiger partial charge in [-0.2, -0.15) is 0 Å². The minimum atomic E-state index is 0.248. The molecule has 0 unspecified atom stereocenters. The number of piperazine rings is 1. The molecular formula is C22H24ClN3O2S2. The largest absolute Gasteiger partial charge is 0.494 e. The molecule has 1 aliphatic rings. The van der Waals surface area contributed by atoms with Crippen LogP contribution in [0.25, 0.3) is 10.2 Å². The summed E-state index contributed by atoms with van der Waals surface area (Å²) in [6.07, 6.45) is 1.50. The normalized spacial score (nSPS) is 14.3. The maximum atomic E-state index is 12.6. The van der Waals surface area contributed by atoms with Gasteiger partial charge in [-0.3, -0.25) is 4.79 Å². The van der Waals surface area contributed by atoms with Crippen molar-refractivity contribution in [2.75, 3.05) is 43.9 Å². The lowest BCUT2D eigenvalue weighted by Gasteiger charge is -2.34. The standard InChI is InChI=1S/C22H24ClN3O2S2/c1-28-18-10-9-17(23)21-20(18)24-22(30-21)26-13-11-25(12-14-26)19(27)8-5-15-29-16-6-3-2-4-7-16/h2-4,6-7,9-10H,5,8,11-15H2,1H3. The van der Waals surface area contributed by atoms with Crippen LogP contribution in [0.3, 0.4) is 0 Å². The second-order valence-corrected chi connectivity index (χ2v) is 9.61. The van der Waals surface area contributed by atoms with Gasteiger partial charge in [-0.25, -0.2) is 4.98 Å². The third-order valence-corrected chi connectivity index (χ3v) is 7.79. The lowest BCUT2D eigenvalue weighted by molar-refractivity contribution is -0.131. The Hall–Kier alpha value is -1.96. The first-order valence-electron chi connectivity index (χ1n) is 9.99. The first-order valence-corrected chi connectivity index (χ1v) is 12.2. The van der Waals surface area contributed by atoms with Gasteiger partial charge in [0.1, 0.15) is 11.3 Å². The van der Waals surface area contributed by atoms with Crippen molar-refractivity contribution in [3.8, 4) is 5.75 Å². The van der Waals surface area contributed by atoms with E-state index in [1.807, 2.05) is 35.2 Å². The van der Waals surface area contributed by atoms with E-state index in [0.717, 1.165) is 59.5 Å². The van der Waals surface area contributed by atoms with Gasteiger partial charge in [0, 0.05) is 37.5 Å². The fourth-order valence-corrected chi connectivity index (χ4v) is 5.66. The van der Waals surface area contributed by atoms with Crippen molar-refractivity contribution in [3.05, 3.63) is 47.5 Å². The van der Waals surface area contributed by atoms with Crippen molar-refractivity contribution < 1.29 is 9.53 Å². The Morgan fingerprint density at radius 1 is 1.17 bits per heavy atom. The second kappa shape index (κ2) is 9.90. The molecule has 0 N–H and O–H groups in total. The number of carbonyl (C=O) groups excluding carboxylic acids is 1. The highest BCUT2D eigenvalue weighted by Gasteiger charge is 2.24. The maximum Gasteiger partial charge on any atom is 0.222 e. The van der Waals surface area contributed by atoms with Crippen LogP contribution in [0.15, 0.2) is 47.4 Å². The molecule has 5 nitrogen and oxygen atoms in total. The topological polar surface area (TPSA) is 45.7 Å². The SMILES string of the molecule is COc1ccc(Cl)c2sc(N3CCN(C(=O)CCCSc4ccccc4)CC3)nc12. The number of benzene rings is 2. The van der Waals surface area contributed by atoms with Gasteiger partial charge in [0.25, 0.3) is 0 Å². The zero-order valence-electron chi connectivity index (χ0n) is 16.8. The molecule has 8 heteroatoms. The molecule has 1 aliphatic heterocycles. The van der Waals surface area contributed by atoms with Crippen LogP contribution in [0.2, 0.25) is 5.02 Å². The van der Waals surface area contributed by atoms with Crippen LogP contribution >= 0.6 is 34.7 Å². The van der Waals surface area contributed by atoms with Crippen molar-refractivity contribution >= 4 is 56.0 Å². The summed E-state index contributed by atoms with van der Waals surface area (Å²) in [4.78, 5) is 22.8. The van der Waals surface area contributed by atoms with E-state index in [1.165, 1.54) is 4.90 Å². The zero-order chi connectivity index (χ0) is 20.9. The van der Waals surface area contributed by atoms with Gasteiger partial charge in [0.05, 0.1) is 16.8 Å². The Morgan fingerprint density at radius 2 is 1.93 bits per heavy atom. The van der Waals surface area contributed by atoms with Gasteiger partial charge in [0.15, 0.2) is 5.13 Å². The Labute approximate surface area is 190 Å². The third-order valence-electron chi connectivity index (χ3n) is 5.12. The summed E-state index contributed by atoms with van der Waals surface area (Å²) in [5, 5.41) is 1.62. The van der Waals surface area contributed by atoms with E-state index in [2.05, 4.69) is 17.0 Å². The molecule has 2 aromatic carbocycles. The molecule has 1 aromatic heterocycles. The fourth-order valence-electron chi connectivity index (χ4n) is 3.48. The van der Waals surface area contributed by atoms with E-state index in [9.17, 15) is 4.79 Å². The van der Waals surface area contributed by atoms with Crippen LogP contribution in [0, 0.1) is 0 Å². The number of nitrogens with zero attached hydrogens (tertiary/aromatic N) is 3. The number of ether oxygens (including phenoxy) is 1. The molecule has 3 aromatic rings. The van der Waals surface area contributed by atoms with E-state index in [-0.39, 0.29) is 5.91 Å². The molecule has 0 radical (unpaired) electrons. The summed E-state index contributed by atoms with van der Waals surface area (Å²) >= 11 is 9.73. The number of fused-ring (bicyclic) bond motifs is 1. The van der Waals surface area contributed by atoms with Crippen LogP contribution < -0.4 is 9.64 Å². The zero-order valence-corrected chi connectivity index (χ0v) is 19.2. The highest BCUT2D eigenvalue weighted by molar-refractivity contribution is 7.99. The molecule has 0 aliphatic carbocycles. The van der Waals surface area contributed by atoms with E-state index in [4.69, 9.17) is 21.3 Å². The molecule has 158 valence electrons. The minimum Gasteiger partial charge on any atom is -0.494 e. The average molecular weight is 462 g/mol. The van der Waals surface area contributed by atoms with Gasteiger partial charge in [0.2, 0.25) is 5.91 Å². The van der Waals surface area contributed by atoms with Gasteiger partial charge in [-0.15, -0.1) is 11.8 Å². The number of hydrogen-bond donors (Lipinski definition) is 0. The number of thiazole rings is 1. The van der Waals surface area contributed by atoms with Gasteiger partial charge in [-0.05, 0) is 36.4 Å². The summed E-state index contributed by atoms with van der Waals surface area (Å²) in [5.41, 5.74) is 0.805. The molecule has 0 bridgehead atoms. The van der Waals surface area contributed by atoms with Gasteiger partial charge >= 0.3 is 0 Å². The van der Waals surface area contributed by atoms with Crippen molar-refractivity contribution in [1.29, 1.82) is 0 Å². The lowest BCUT2D eigenvalue weighted by Crippen LogP contribution is -2.48. The van der Waals surface area contributed by atoms with Gasteiger partial charge < -0.3 is 14.5 Å². The number of carbonyl (C=O) groups is 1. The van der Waals surface area contributed by atoms with Crippen LogP contribution in [0.1, 0.15) is 12.8 Å². The molecular weight excluding hydrogens is 438 g/mol. The van der Waals surface area contributed by atoms with Crippen LogP contribution in [0.4, 0.5) is 5.13 Å². The van der Waals surface area contributed by atoms with E-state index >= 15 is 0 Å². The summed E-state index contributed by atoms with van der Waals surface area (Å²) in [5.74, 6) is 1.95. The fraction of sp³-hybridized carbons (Fsp3) is 0.364. The number of rotatable bonds is 7. The second-order valence-electron chi connectivity index (χ2n) is 7.06. The number of hydrogen-bond acceptors (Lipinski definition) is 6. The molecule has 1 fully saturated rings. The number of halogens is 1. The van der Waals surface area contributed by atoms with Crippen LogP contribution in [-0.4, -0.2) is 54.8 Å². The van der Waals surface area contributed by atoms with Crippen molar-refractivity contribution in [1.82, 2.24) is 9.88 Å². The monoisotopic (exact) mass is 461 g/mol. The Morgan fingerprint density at radius 3 is 2.67 bits per heavy atom. The first-order chi connectivity index (χ1) is 14.7. The van der Waals surface area contributed by atoms with Crippen LogP contribution in [0.5, 0.6) is 5.75 Å². The molecule has 0 atom stereocenters. The maximum absolute atomic E-state index is 12.6. The minimum absolute atomic E-state index is 0.248. The van der Waals surface area contributed by atoms with Gasteiger partial charge in [-0.1, -0.05) is 41.1 Å². The van der Waals surface area contributed by atoms with Crippen molar-refractivity contribution in [2.24, 2.45) is 0 Å². The number of anilines is 1. The molecule has 1 amide bonds. The average Bonchev–Trinajstić information content (AvgIpc) is 3.24. The molecule has 4 rings (SSSR count). The van der Waals surface area contributed by atoms with E-state index < -0.39 is 0 Å². The lowest BCUT2D eigenvalue weighted by atomic mass is 10.2. The quantitative estimate of drug-likeness (QED) is 0.358. The highest BCUT2D eigenvalue weighted by atomic mass is 35.5. The number of methoxy groups -OCH3 is 1. The van der Waals surface area contributed by atoms with Crippen molar-refractivity contribution in [2.45, 2.75) is 17.7 Å². The number of aromatic nitrogens is 1. The van der Waals surface area contributed by atoms with E-state index in [1.54, 1.807) is 30.2 Å². The molecule has 0 spiro atoms. The van der Waals surface area contributed by atoms with Crippen molar-refractivity contribution in [3.63, 3.8) is 0 Å². The number of amides is 1. The smallest absolute Gasteiger partial charge is 0.222 e. The molecule has 30 heavy (non-hydrogen) atoms. The molecule has 0 saturated carbocycles. The third kappa shape index (κ3) is 4.85. The summed E-state index contributed by atoms with van der Waals surface area (Å²) < 4.78 is 6.36. The highest BCUT2D eigenvalue weighted by Crippen LogP contribution is 2.38. The van der Waals surface area contributed by atoms with Crippen LogP contribution in [-0.2, 0) is 4.79 Å². The predicted octanol–water partition coefficient (Wildman–Crippen LogP) is 5.18. The molecule has 1 saturated heterocycles. The Bertz CT molecular complexity index is 1000. The summed E-state index contributed by atoms with van der Waals surface area (Å²) in [6, 6.07) is 14.0. The van der Waals surface area contributed by atoms with E-state index in [0.29, 0.717) is 11.4 Å². The summed E-state index contributed by atoms with van der Waals surface area (Å²) in [6.45, 7) is 3.02.